The lowest BCUT2D eigenvalue weighted by atomic mass is 10.1. The van der Waals surface area contributed by atoms with Gasteiger partial charge in [0, 0.05) is 11.3 Å². The minimum atomic E-state index is -0.511. The summed E-state index contributed by atoms with van der Waals surface area (Å²) in [7, 11) is 1.29. The summed E-state index contributed by atoms with van der Waals surface area (Å²) in [4.78, 5) is 24.0. The Morgan fingerprint density at radius 2 is 1.62 bits per heavy atom. The molecule has 0 saturated heterocycles. The molecule has 0 radical (unpaired) electrons. The predicted molar refractivity (Wildman–Crippen MR) is 128 cm³/mol. The molecule has 3 aromatic rings. The maximum atomic E-state index is 12.4. The van der Waals surface area contributed by atoms with Gasteiger partial charge in [-0.3, -0.25) is 10.1 Å². The standard InChI is InChI=1S/C25H24N2O4S/c1-30-24(29)20-11-5-10-19(17-20)23(28)27-25(32)26-21-12-14-22(15-13-21)31-16-6-9-18-7-3-2-4-8-18/h2-5,7-8,10-15,17H,6,9,16H2,1H3,(H2,26,27,28,32). The van der Waals surface area contributed by atoms with Crippen LogP contribution in [0.15, 0.2) is 78.9 Å². The Kier molecular flexibility index (Phi) is 8.34. The zero-order valence-electron chi connectivity index (χ0n) is 17.7. The van der Waals surface area contributed by atoms with Gasteiger partial charge in [-0.05, 0) is 73.1 Å². The molecule has 0 atom stereocenters. The molecule has 6 nitrogen and oxygen atoms in total. The number of carbonyl (C=O) groups excluding carboxylic acids is 2. The van der Waals surface area contributed by atoms with E-state index in [0.717, 1.165) is 24.3 Å². The van der Waals surface area contributed by atoms with Gasteiger partial charge in [-0.15, -0.1) is 0 Å². The first-order chi connectivity index (χ1) is 15.5. The first-order valence-electron chi connectivity index (χ1n) is 10.1. The molecule has 0 aromatic heterocycles. The summed E-state index contributed by atoms with van der Waals surface area (Å²) in [5.41, 5.74) is 2.60. The van der Waals surface area contributed by atoms with Gasteiger partial charge >= 0.3 is 5.97 Å². The summed E-state index contributed by atoms with van der Waals surface area (Å²) >= 11 is 5.22. The second kappa shape index (κ2) is 11.6. The third-order valence-electron chi connectivity index (χ3n) is 4.61. The van der Waals surface area contributed by atoms with Crippen molar-refractivity contribution in [2.75, 3.05) is 19.0 Å². The quantitative estimate of drug-likeness (QED) is 0.298. The van der Waals surface area contributed by atoms with Gasteiger partial charge in [0.15, 0.2) is 5.11 Å². The van der Waals surface area contributed by atoms with Crippen molar-refractivity contribution in [3.8, 4) is 5.75 Å². The van der Waals surface area contributed by atoms with Crippen LogP contribution in [0.25, 0.3) is 0 Å². The third kappa shape index (κ3) is 6.92. The highest BCUT2D eigenvalue weighted by molar-refractivity contribution is 7.80. The summed E-state index contributed by atoms with van der Waals surface area (Å²) in [5.74, 6) is -0.174. The van der Waals surface area contributed by atoms with E-state index in [-0.39, 0.29) is 5.11 Å². The van der Waals surface area contributed by atoms with Crippen molar-refractivity contribution in [3.05, 3.63) is 95.6 Å². The van der Waals surface area contributed by atoms with Crippen LogP contribution in [-0.4, -0.2) is 30.7 Å². The number of anilines is 1. The highest BCUT2D eigenvalue weighted by Gasteiger charge is 2.12. The van der Waals surface area contributed by atoms with Crippen LogP contribution in [0.1, 0.15) is 32.7 Å². The molecule has 0 unspecified atom stereocenters. The number of ether oxygens (including phenoxy) is 2. The normalized spacial score (nSPS) is 10.2. The average Bonchev–Trinajstić information content (AvgIpc) is 2.83. The second-order valence-electron chi connectivity index (χ2n) is 6.94. The van der Waals surface area contributed by atoms with Gasteiger partial charge in [0.2, 0.25) is 0 Å². The van der Waals surface area contributed by atoms with Crippen LogP contribution in [0.2, 0.25) is 0 Å². The number of amides is 1. The summed E-state index contributed by atoms with van der Waals surface area (Å²) in [6.45, 7) is 0.626. The van der Waals surface area contributed by atoms with Crippen LogP contribution < -0.4 is 15.4 Å². The van der Waals surface area contributed by atoms with Crippen LogP contribution in [0.3, 0.4) is 0 Å². The Hall–Kier alpha value is -3.71. The van der Waals surface area contributed by atoms with Crippen LogP contribution in [0.5, 0.6) is 5.75 Å². The molecule has 0 aliphatic carbocycles. The van der Waals surface area contributed by atoms with Crippen LogP contribution in [-0.2, 0) is 11.2 Å². The average molecular weight is 449 g/mol. The molecule has 0 heterocycles. The molecular formula is C25H24N2O4S. The summed E-state index contributed by atoms with van der Waals surface area (Å²) in [6, 6.07) is 23.9. The number of methoxy groups -OCH3 is 1. The van der Waals surface area contributed by atoms with Crippen molar-refractivity contribution >= 4 is 34.9 Å². The van der Waals surface area contributed by atoms with E-state index >= 15 is 0 Å². The van der Waals surface area contributed by atoms with Gasteiger partial charge in [0.1, 0.15) is 5.75 Å². The molecule has 32 heavy (non-hydrogen) atoms. The maximum Gasteiger partial charge on any atom is 0.337 e. The van der Waals surface area contributed by atoms with E-state index in [1.165, 1.54) is 18.7 Å². The lowest BCUT2D eigenvalue weighted by molar-refractivity contribution is 0.0600. The van der Waals surface area contributed by atoms with Gasteiger partial charge in [-0.25, -0.2) is 4.79 Å². The lowest BCUT2D eigenvalue weighted by Crippen LogP contribution is -2.34. The maximum absolute atomic E-state index is 12.4. The minimum Gasteiger partial charge on any atom is -0.494 e. The monoisotopic (exact) mass is 448 g/mol. The molecule has 164 valence electrons. The molecular weight excluding hydrogens is 424 g/mol. The van der Waals surface area contributed by atoms with Crippen molar-refractivity contribution in [1.29, 1.82) is 0 Å². The fourth-order valence-corrected chi connectivity index (χ4v) is 3.20. The lowest BCUT2D eigenvalue weighted by Gasteiger charge is -2.11. The Bertz CT molecular complexity index is 1070. The fraction of sp³-hybridized carbons (Fsp3) is 0.160. The number of rotatable bonds is 8. The van der Waals surface area contributed by atoms with E-state index in [9.17, 15) is 9.59 Å². The summed E-state index contributed by atoms with van der Waals surface area (Å²) in [6.07, 6.45) is 1.90. The largest absolute Gasteiger partial charge is 0.494 e. The zero-order chi connectivity index (χ0) is 22.8. The Morgan fingerprint density at radius 1 is 0.906 bits per heavy atom. The number of aryl methyl sites for hydroxylation is 1. The van der Waals surface area contributed by atoms with Gasteiger partial charge in [0.25, 0.3) is 5.91 Å². The predicted octanol–water partition coefficient (Wildman–Crippen LogP) is 4.61. The summed E-state index contributed by atoms with van der Waals surface area (Å²) in [5, 5.41) is 5.71. The zero-order valence-corrected chi connectivity index (χ0v) is 18.5. The number of carbonyl (C=O) groups is 2. The number of thiocarbonyl (C=S) groups is 1. The highest BCUT2D eigenvalue weighted by Crippen LogP contribution is 2.16. The van der Waals surface area contributed by atoms with E-state index in [4.69, 9.17) is 17.0 Å². The Labute approximate surface area is 192 Å². The first-order valence-corrected chi connectivity index (χ1v) is 10.5. The number of hydrogen-bond acceptors (Lipinski definition) is 5. The van der Waals surface area contributed by atoms with E-state index in [1.807, 2.05) is 42.5 Å². The van der Waals surface area contributed by atoms with Gasteiger partial charge in [-0.2, -0.15) is 0 Å². The Morgan fingerprint density at radius 3 is 2.34 bits per heavy atom. The number of nitrogens with one attached hydrogen (secondary N) is 2. The van der Waals surface area contributed by atoms with Gasteiger partial charge in [0.05, 0.1) is 19.3 Å². The minimum absolute atomic E-state index is 0.148. The number of esters is 1. The highest BCUT2D eigenvalue weighted by atomic mass is 32.1. The molecule has 1 amide bonds. The molecule has 3 rings (SSSR count). The molecule has 7 heteroatoms. The molecule has 0 bridgehead atoms. The van der Waals surface area contributed by atoms with E-state index in [0.29, 0.717) is 17.7 Å². The first kappa shape index (κ1) is 23.0. The smallest absolute Gasteiger partial charge is 0.337 e. The summed E-state index contributed by atoms with van der Waals surface area (Å²) < 4.78 is 10.5. The van der Waals surface area contributed by atoms with E-state index in [1.54, 1.807) is 18.2 Å². The molecule has 0 spiro atoms. The van der Waals surface area contributed by atoms with Crippen molar-refractivity contribution in [2.24, 2.45) is 0 Å². The van der Waals surface area contributed by atoms with Crippen molar-refractivity contribution < 1.29 is 19.1 Å². The SMILES string of the molecule is COC(=O)c1cccc(C(=O)NC(=S)Nc2ccc(OCCCc3ccccc3)cc2)c1. The molecule has 0 aliphatic rings. The van der Waals surface area contributed by atoms with Crippen molar-refractivity contribution in [2.45, 2.75) is 12.8 Å². The van der Waals surface area contributed by atoms with Gasteiger partial charge in [-0.1, -0.05) is 36.4 Å². The van der Waals surface area contributed by atoms with E-state index < -0.39 is 11.9 Å². The molecule has 0 saturated carbocycles. The molecule has 0 aliphatic heterocycles. The van der Waals surface area contributed by atoms with Crippen LogP contribution in [0.4, 0.5) is 5.69 Å². The second-order valence-corrected chi connectivity index (χ2v) is 7.35. The molecule has 2 N–H and O–H groups in total. The van der Waals surface area contributed by atoms with Crippen molar-refractivity contribution in [3.63, 3.8) is 0 Å². The topological polar surface area (TPSA) is 76.7 Å². The third-order valence-corrected chi connectivity index (χ3v) is 4.81. The van der Waals surface area contributed by atoms with Crippen LogP contribution >= 0.6 is 12.2 Å². The van der Waals surface area contributed by atoms with Gasteiger partial charge < -0.3 is 14.8 Å². The number of benzene rings is 3. The fourth-order valence-electron chi connectivity index (χ4n) is 2.99. The van der Waals surface area contributed by atoms with Crippen molar-refractivity contribution in [1.82, 2.24) is 5.32 Å². The van der Waals surface area contributed by atoms with E-state index in [2.05, 4.69) is 27.5 Å². The Balaban J connectivity index is 1.45. The molecule has 0 fully saturated rings. The molecule has 3 aromatic carbocycles. The van der Waals surface area contributed by atoms with Crippen LogP contribution in [0, 0.1) is 0 Å². The number of hydrogen-bond donors (Lipinski definition) is 2.